The highest BCUT2D eigenvalue weighted by atomic mass is 32.2. The summed E-state index contributed by atoms with van der Waals surface area (Å²) in [4.78, 5) is 17.0. The molecule has 5 nitrogen and oxygen atoms in total. The maximum atomic E-state index is 13.2. The third kappa shape index (κ3) is 3.62. The lowest BCUT2D eigenvalue weighted by atomic mass is 10.1. The number of fused-ring (bicyclic) bond motifs is 1. The summed E-state index contributed by atoms with van der Waals surface area (Å²) in [6, 6.07) is 22.1. The average Bonchev–Trinajstić information content (AvgIpc) is 2.74. The van der Waals surface area contributed by atoms with Crippen LogP contribution >= 0.6 is 0 Å². The third-order valence-corrected chi connectivity index (χ3v) is 6.48. The van der Waals surface area contributed by atoms with Crippen molar-refractivity contribution in [2.45, 2.75) is 16.7 Å². The van der Waals surface area contributed by atoms with Crippen molar-refractivity contribution in [2.75, 3.05) is 5.32 Å². The summed E-state index contributed by atoms with van der Waals surface area (Å²) in [5, 5.41) is 4.02. The molecule has 0 bridgehead atoms. The van der Waals surface area contributed by atoms with Crippen molar-refractivity contribution in [3.63, 3.8) is 0 Å². The van der Waals surface area contributed by atoms with Crippen LogP contribution < -0.4 is 5.32 Å². The van der Waals surface area contributed by atoms with E-state index in [-0.39, 0.29) is 21.4 Å². The zero-order valence-corrected chi connectivity index (χ0v) is 16.5. The van der Waals surface area contributed by atoms with Gasteiger partial charge in [0.25, 0.3) is 5.91 Å². The minimum Gasteiger partial charge on any atom is -0.320 e. The summed E-state index contributed by atoms with van der Waals surface area (Å²) in [5.41, 5.74) is 1.80. The van der Waals surface area contributed by atoms with E-state index in [2.05, 4.69) is 10.3 Å². The van der Waals surface area contributed by atoms with Crippen LogP contribution in [0.15, 0.2) is 94.9 Å². The number of anilines is 1. The number of nitrogens with zero attached hydrogens (tertiary/aromatic N) is 1. The van der Waals surface area contributed by atoms with Gasteiger partial charge in [0.2, 0.25) is 9.84 Å². The fraction of sp³-hybridized carbons (Fsp3) is 0.0435. The predicted octanol–water partition coefficient (Wildman–Crippen LogP) is 4.63. The number of benzene rings is 3. The van der Waals surface area contributed by atoms with Crippen LogP contribution in [0.3, 0.4) is 0 Å². The smallest absolute Gasteiger partial charge is 0.274 e. The zero-order chi connectivity index (χ0) is 20.4. The number of pyridine rings is 1. The van der Waals surface area contributed by atoms with Crippen molar-refractivity contribution >= 4 is 32.2 Å². The summed E-state index contributed by atoms with van der Waals surface area (Å²) < 4.78 is 26.4. The molecule has 4 aromatic rings. The predicted molar refractivity (Wildman–Crippen MR) is 113 cm³/mol. The van der Waals surface area contributed by atoms with Crippen LogP contribution in [-0.4, -0.2) is 19.3 Å². The fourth-order valence-electron chi connectivity index (χ4n) is 3.14. The molecule has 1 aromatic heterocycles. The molecular formula is C23H18N2O3S. The Balaban J connectivity index is 1.80. The summed E-state index contributed by atoms with van der Waals surface area (Å²) in [6.45, 7) is 1.91. The molecule has 0 radical (unpaired) electrons. The Hall–Kier alpha value is -3.51. The summed E-state index contributed by atoms with van der Waals surface area (Å²) in [7, 11) is -3.70. The molecule has 144 valence electrons. The van der Waals surface area contributed by atoms with Gasteiger partial charge in [-0.25, -0.2) is 8.42 Å². The molecule has 1 amide bonds. The van der Waals surface area contributed by atoms with Crippen molar-refractivity contribution in [1.29, 1.82) is 0 Å². The molecule has 0 fully saturated rings. The number of aryl methyl sites for hydroxylation is 1. The first-order chi connectivity index (χ1) is 14.0. The number of carbonyl (C=O) groups is 1. The molecule has 1 N–H and O–H groups in total. The second-order valence-corrected chi connectivity index (χ2v) is 8.56. The van der Waals surface area contributed by atoms with Crippen LogP contribution in [0.25, 0.3) is 10.8 Å². The van der Waals surface area contributed by atoms with Crippen LogP contribution in [0.4, 0.5) is 5.69 Å². The Morgan fingerprint density at radius 3 is 2.21 bits per heavy atom. The molecule has 0 saturated heterocycles. The van der Waals surface area contributed by atoms with Crippen molar-refractivity contribution in [3.8, 4) is 0 Å². The van der Waals surface area contributed by atoms with E-state index in [0.29, 0.717) is 16.5 Å². The van der Waals surface area contributed by atoms with E-state index in [1.54, 1.807) is 79.0 Å². The highest BCUT2D eigenvalue weighted by Gasteiger charge is 2.21. The minimum atomic E-state index is -3.70. The second-order valence-electron chi connectivity index (χ2n) is 6.64. The van der Waals surface area contributed by atoms with Gasteiger partial charge in [0.15, 0.2) is 0 Å². The van der Waals surface area contributed by atoms with E-state index in [1.165, 1.54) is 6.07 Å². The fourth-order valence-corrected chi connectivity index (χ4v) is 4.61. The normalized spacial score (nSPS) is 11.3. The lowest BCUT2D eigenvalue weighted by molar-refractivity contribution is 0.102. The zero-order valence-electron chi connectivity index (χ0n) is 15.7. The number of rotatable bonds is 4. The second kappa shape index (κ2) is 7.48. The van der Waals surface area contributed by atoms with Gasteiger partial charge in [-0.05, 0) is 43.3 Å². The molecule has 3 aromatic carbocycles. The van der Waals surface area contributed by atoms with Crippen molar-refractivity contribution < 1.29 is 13.2 Å². The van der Waals surface area contributed by atoms with Gasteiger partial charge in [0.05, 0.1) is 9.79 Å². The van der Waals surface area contributed by atoms with E-state index in [1.807, 2.05) is 6.92 Å². The van der Waals surface area contributed by atoms with E-state index < -0.39 is 9.84 Å². The number of nitrogens with one attached hydrogen (secondary N) is 1. The van der Waals surface area contributed by atoms with E-state index in [0.717, 1.165) is 5.56 Å². The molecule has 0 spiro atoms. The Bertz CT molecular complexity index is 1300. The number of hydrogen-bond acceptors (Lipinski definition) is 4. The van der Waals surface area contributed by atoms with Gasteiger partial charge in [0, 0.05) is 22.7 Å². The largest absolute Gasteiger partial charge is 0.320 e. The van der Waals surface area contributed by atoms with Crippen molar-refractivity contribution in [3.05, 3.63) is 96.3 Å². The summed E-state index contributed by atoms with van der Waals surface area (Å²) in [6.07, 6.45) is 1.55. The van der Waals surface area contributed by atoms with Crippen molar-refractivity contribution in [1.82, 2.24) is 4.98 Å². The third-order valence-electron chi connectivity index (χ3n) is 4.65. The number of carbonyl (C=O) groups excluding carboxylic acids is 1. The van der Waals surface area contributed by atoms with Crippen LogP contribution in [0.5, 0.6) is 0 Å². The molecule has 0 aliphatic heterocycles. The Kier molecular flexibility index (Phi) is 4.86. The molecule has 0 aliphatic carbocycles. The van der Waals surface area contributed by atoms with Gasteiger partial charge in [0.1, 0.15) is 5.69 Å². The standard InChI is InChI=1S/C23H18N2O3S/c1-16-9-11-17(12-10-16)29(27,28)22-14-13-20(18-6-2-3-7-19(18)22)25-23(26)21-8-4-5-15-24-21/h2-15H,1H3,(H,25,26). The van der Waals surface area contributed by atoms with Gasteiger partial charge in [-0.15, -0.1) is 0 Å². The number of hydrogen-bond donors (Lipinski definition) is 1. The molecule has 1 heterocycles. The first-order valence-electron chi connectivity index (χ1n) is 9.03. The highest BCUT2D eigenvalue weighted by Crippen LogP contribution is 2.33. The molecule has 4 rings (SSSR count). The number of amides is 1. The molecular weight excluding hydrogens is 384 g/mol. The van der Waals surface area contributed by atoms with Crippen LogP contribution in [-0.2, 0) is 9.84 Å². The minimum absolute atomic E-state index is 0.202. The Morgan fingerprint density at radius 1 is 0.828 bits per heavy atom. The highest BCUT2D eigenvalue weighted by molar-refractivity contribution is 7.91. The van der Waals surface area contributed by atoms with Crippen LogP contribution in [0.2, 0.25) is 0 Å². The van der Waals surface area contributed by atoms with Gasteiger partial charge in [-0.2, -0.15) is 0 Å². The maximum Gasteiger partial charge on any atom is 0.274 e. The molecule has 0 atom stereocenters. The monoisotopic (exact) mass is 402 g/mol. The lowest BCUT2D eigenvalue weighted by Gasteiger charge is -2.13. The molecule has 0 aliphatic rings. The topological polar surface area (TPSA) is 76.1 Å². The molecule has 0 saturated carbocycles. The van der Waals surface area contributed by atoms with Crippen LogP contribution in [0, 0.1) is 6.92 Å². The van der Waals surface area contributed by atoms with E-state index >= 15 is 0 Å². The van der Waals surface area contributed by atoms with Gasteiger partial charge >= 0.3 is 0 Å². The lowest BCUT2D eigenvalue weighted by Crippen LogP contribution is -2.14. The molecule has 6 heteroatoms. The Labute approximate surface area is 169 Å². The SMILES string of the molecule is Cc1ccc(S(=O)(=O)c2ccc(NC(=O)c3ccccn3)c3ccccc23)cc1. The van der Waals surface area contributed by atoms with Crippen LogP contribution in [0.1, 0.15) is 16.1 Å². The van der Waals surface area contributed by atoms with Crippen molar-refractivity contribution in [2.24, 2.45) is 0 Å². The van der Waals surface area contributed by atoms with E-state index in [9.17, 15) is 13.2 Å². The number of sulfone groups is 1. The molecule has 0 unspecified atom stereocenters. The summed E-state index contributed by atoms with van der Waals surface area (Å²) >= 11 is 0. The maximum absolute atomic E-state index is 13.2. The first-order valence-corrected chi connectivity index (χ1v) is 10.5. The van der Waals surface area contributed by atoms with Gasteiger partial charge in [-0.1, -0.05) is 48.0 Å². The summed E-state index contributed by atoms with van der Waals surface area (Å²) in [5.74, 6) is -0.357. The van der Waals surface area contributed by atoms with E-state index in [4.69, 9.17) is 0 Å². The molecule has 29 heavy (non-hydrogen) atoms. The van der Waals surface area contributed by atoms with Gasteiger partial charge in [-0.3, -0.25) is 9.78 Å². The first kappa shape index (κ1) is 18.8. The van der Waals surface area contributed by atoms with Gasteiger partial charge < -0.3 is 5.32 Å². The quantitative estimate of drug-likeness (QED) is 0.540. The Morgan fingerprint density at radius 2 is 1.52 bits per heavy atom. The average molecular weight is 402 g/mol. The number of aromatic nitrogens is 1.